The summed E-state index contributed by atoms with van der Waals surface area (Å²) >= 11 is 5.43. The van der Waals surface area contributed by atoms with Gasteiger partial charge in [0.05, 0.1) is 6.00 Å². The smallest absolute Gasteiger partial charge is 0.321 e. The van der Waals surface area contributed by atoms with E-state index in [1.165, 1.54) is 0 Å². The van der Waals surface area contributed by atoms with Crippen LogP contribution in [0.15, 0.2) is 30.3 Å². The van der Waals surface area contributed by atoms with Crippen molar-refractivity contribution in [1.29, 1.82) is 0 Å². The van der Waals surface area contributed by atoms with Crippen LogP contribution in [0.4, 0.5) is 0 Å². The van der Waals surface area contributed by atoms with Gasteiger partial charge in [-0.05, 0) is 12.0 Å². The number of carbonyl (C=O) groups is 1. The number of nitrogens with one attached hydrogen (secondary N) is 1. The van der Waals surface area contributed by atoms with E-state index in [1.807, 2.05) is 30.3 Å². The molecule has 0 fully saturated rings. The maximum Gasteiger partial charge on any atom is 0.321 e. The number of carboxylic acids is 1. The zero-order valence-electron chi connectivity index (χ0n) is 7.61. The van der Waals surface area contributed by atoms with Crippen molar-refractivity contribution in [2.45, 2.75) is 12.5 Å². The summed E-state index contributed by atoms with van der Waals surface area (Å²) in [5, 5.41) is 11.5. The molecule has 4 heteroatoms. The minimum Gasteiger partial charge on any atom is -0.480 e. The fraction of sp³-hybridized carbons (Fsp3) is 0.300. The maximum absolute atomic E-state index is 10.8. The highest BCUT2D eigenvalue weighted by atomic mass is 35.5. The van der Waals surface area contributed by atoms with Gasteiger partial charge in [-0.25, -0.2) is 0 Å². The van der Waals surface area contributed by atoms with Crippen LogP contribution in [0.2, 0.25) is 0 Å². The van der Waals surface area contributed by atoms with Crippen LogP contribution in [0.1, 0.15) is 5.56 Å². The Hall–Kier alpha value is -1.06. The predicted molar refractivity (Wildman–Crippen MR) is 55.4 cm³/mol. The van der Waals surface area contributed by atoms with Crippen molar-refractivity contribution >= 4 is 17.6 Å². The highest BCUT2D eigenvalue weighted by Gasteiger charge is 2.15. The van der Waals surface area contributed by atoms with E-state index in [4.69, 9.17) is 16.7 Å². The lowest BCUT2D eigenvalue weighted by Crippen LogP contribution is -2.37. The Kier molecular flexibility index (Phi) is 4.43. The molecule has 1 aromatic rings. The average molecular weight is 214 g/mol. The molecule has 3 nitrogen and oxygen atoms in total. The maximum atomic E-state index is 10.8. The molecule has 0 heterocycles. The highest BCUT2D eigenvalue weighted by Crippen LogP contribution is 2.03. The highest BCUT2D eigenvalue weighted by molar-refractivity contribution is 6.17. The lowest BCUT2D eigenvalue weighted by molar-refractivity contribution is -0.139. The molecular formula is C10H12ClNO2. The van der Waals surface area contributed by atoms with E-state index in [0.717, 1.165) is 5.56 Å². The van der Waals surface area contributed by atoms with Gasteiger partial charge >= 0.3 is 5.97 Å². The number of alkyl halides is 1. The first kappa shape index (κ1) is 11.0. The van der Waals surface area contributed by atoms with E-state index in [1.54, 1.807) is 0 Å². The average Bonchev–Trinajstić information content (AvgIpc) is 2.18. The van der Waals surface area contributed by atoms with E-state index in [0.29, 0.717) is 6.42 Å². The zero-order valence-corrected chi connectivity index (χ0v) is 8.37. The summed E-state index contributed by atoms with van der Waals surface area (Å²) in [6, 6.07) is 8.98. The SMILES string of the molecule is O=C(O)C(Cc1ccccc1)NCCl. The van der Waals surface area contributed by atoms with Crippen molar-refractivity contribution in [3.05, 3.63) is 35.9 Å². The summed E-state index contributed by atoms with van der Waals surface area (Å²) in [5.74, 6) is -0.880. The lowest BCUT2D eigenvalue weighted by atomic mass is 10.1. The van der Waals surface area contributed by atoms with E-state index >= 15 is 0 Å². The number of aliphatic carboxylic acids is 1. The number of hydrogen-bond donors (Lipinski definition) is 2. The third-order valence-electron chi connectivity index (χ3n) is 1.90. The monoisotopic (exact) mass is 213 g/mol. The fourth-order valence-corrected chi connectivity index (χ4v) is 1.38. The summed E-state index contributed by atoms with van der Waals surface area (Å²) in [6.45, 7) is 0. The first-order valence-corrected chi connectivity index (χ1v) is 4.83. The van der Waals surface area contributed by atoms with Crippen molar-refractivity contribution in [3.8, 4) is 0 Å². The van der Waals surface area contributed by atoms with E-state index in [2.05, 4.69) is 5.32 Å². The molecule has 0 aliphatic rings. The molecule has 1 unspecified atom stereocenters. The third kappa shape index (κ3) is 3.36. The second-order valence-corrected chi connectivity index (χ2v) is 3.19. The second-order valence-electron chi connectivity index (χ2n) is 2.92. The summed E-state index contributed by atoms with van der Waals surface area (Å²) in [5.41, 5.74) is 0.984. The minimum absolute atomic E-state index is 0.143. The number of carboxylic acid groups (broad SMARTS) is 1. The van der Waals surface area contributed by atoms with Crippen molar-refractivity contribution in [2.75, 3.05) is 6.00 Å². The van der Waals surface area contributed by atoms with E-state index in [9.17, 15) is 4.79 Å². The molecule has 0 aliphatic carbocycles. The van der Waals surface area contributed by atoms with Gasteiger partial charge in [-0.15, -0.1) is 11.6 Å². The summed E-state index contributed by atoms with van der Waals surface area (Å²) in [7, 11) is 0. The molecule has 1 atom stereocenters. The standard InChI is InChI=1S/C10H12ClNO2/c11-7-12-9(10(13)14)6-8-4-2-1-3-5-8/h1-5,9,12H,6-7H2,(H,13,14). The van der Waals surface area contributed by atoms with E-state index < -0.39 is 12.0 Å². The predicted octanol–water partition coefficient (Wildman–Crippen LogP) is 1.47. The van der Waals surface area contributed by atoms with Crippen molar-refractivity contribution in [3.63, 3.8) is 0 Å². The van der Waals surface area contributed by atoms with Gasteiger partial charge in [-0.1, -0.05) is 30.3 Å². The van der Waals surface area contributed by atoms with Gasteiger partial charge in [0.1, 0.15) is 6.04 Å². The molecule has 0 aromatic heterocycles. The van der Waals surface area contributed by atoms with Crippen LogP contribution < -0.4 is 5.32 Å². The van der Waals surface area contributed by atoms with Gasteiger partial charge in [0.2, 0.25) is 0 Å². The van der Waals surface area contributed by atoms with Crippen LogP contribution >= 0.6 is 11.6 Å². The molecule has 0 saturated carbocycles. The minimum atomic E-state index is -0.880. The Bertz CT molecular complexity index is 289. The van der Waals surface area contributed by atoms with Crippen LogP contribution in [0.5, 0.6) is 0 Å². The molecule has 0 saturated heterocycles. The normalized spacial score (nSPS) is 12.4. The Labute approximate surface area is 87.7 Å². The van der Waals surface area contributed by atoms with Crippen LogP contribution in [-0.4, -0.2) is 23.1 Å². The summed E-state index contributed by atoms with van der Waals surface area (Å²) in [4.78, 5) is 10.8. The van der Waals surface area contributed by atoms with Gasteiger partial charge in [0.25, 0.3) is 0 Å². The lowest BCUT2D eigenvalue weighted by Gasteiger charge is -2.11. The quantitative estimate of drug-likeness (QED) is 0.575. The van der Waals surface area contributed by atoms with Crippen LogP contribution in [0, 0.1) is 0 Å². The summed E-state index contributed by atoms with van der Waals surface area (Å²) < 4.78 is 0. The topological polar surface area (TPSA) is 49.3 Å². The first-order chi connectivity index (χ1) is 6.74. The molecule has 0 aliphatic heterocycles. The van der Waals surface area contributed by atoms with Gasteiger partial charge in [-0.3, -0.25) is 10.1 Å². The molecule has 1 aromatic carbocycles. The van der Waals surface area contributed by atoms with Gasteiger partial charge < -0.3 is 5.11 Å². The van der Waals surface area contributed by atoms with Gasteiger partial charge in [0.15, 0.2) is 0 Å². The third-order valence-corrected chi connectivity index (χ3v) is 2.06. The van der Waals surface area contributed by atoms with Gasteiger partial charge in [0, 0.05) is 0 Å². The Morgan fingerprint density at radius 1 is 1.43 bits per heavy atom. The first-order valence-electron chi connectivity index (χ1n) is 4.30. The van der Waals surface area contributed by atoms with Crippen molar-refractivity contribution in [2.24, 2.45) is 0 Å². The molecule has 2 N–H and O–H groups in total. The van der Waals surface area contributed by atoms with Crippen LogP contribution in [0.25, 0.3) is 0 Å². The summed E-state index contributed by atoms with van der Waals surface area (Å²) in [6.07, 6.45) is 0.447. The molecule has 14 heavy (non-hydrogen) atoms. The molecule has 0 spiro atoms. The van der Waals surface area contributed by atoms with Crippen LogP contribution in [0.3, 0.4) is 0 Å². The zero-order chi connectivity index (χ0) is 10.4. The molecular weight excluding hydrogens is 202 g/mol. The van der Waals surface area contributed by atoms with Gasteiger partial charge in [-0.2, -0.15) is 0 Å². The molecule has 0 bridgehead atoms. The van der Waals surface area contributed by atoms with Crippen LogP contribution in [-0.2, 0) is 11.2 Å². The Morgan fingerprint density at radius 2 is 2.07 bits per heavy atom. The Balaban J connectivity index is 2.60. The van der Waals surface area contributed by atoms with E-state index in [-0.39, 0.29) is 6.00 Å². The molecule has 0 amide bonds. The largest absolute Gasteiger partial charge is 0.480 e. The number of benzene rings is 1. The molecule has 76 valence electrons. The number of rotatable bonds is 5. The van der Waals surface area contributed by atoms with Crippen molar-refractivity contribution in [1.82, 2.24) is 5.32 Å². The molecule has 1 rings (SSSR count). The fourth-order valence-electron chi connectivity index (χ4n) is 1.19. The number of hydrogen-bond acceptors (Lipinski definition) is 2. The second kappa shape index (κ2) is 5.62. The Morgan fingerprint density at radius 3 is 2.57 bits per heavy atom. The van der Waals surface area contributed by atoms with Crippen molar-refractivity contribution < 1.29 is 9.90 Å². The molecule has 0 radical (unpaired) electrons. The number of halogens is 1.